The molecule has 0 radical (unpaired) electrons. The van der Waals surface area contributed by atoms with Gasteiger partial charge in [-0.1, -0.05) is 44.9 Å². The fourth-order valence-corrected chi connectivity index (χ4v) is 13.6. The highest BCUT2D eigenvalue weighted by Crippen LogP contribution is 2.46. The van der Waals surface area contributed by atoms with Gasteiger partial charge in [-0.15, -0.1) is 0 Å². The van der Waals surface area contributed by atoms with Crippen LogP contribution >= 0.6 is 10.0 Å². The molecule has 0 aromatic rings. The van der Waals surface area contributed by atoms with E-state index in [0.29, 0.717) is 54.3 Å². The first-order chi connectivity index (χ1) is 22.4. The number of nitrogens with one attached hydrogen (secondary N) is 8. The summed E-state index contributed by atoms with van der Waals surface area (Å²) in [6.45, 7) is 0. The zero-order chi connectivity index (χ0) is 31.6. The lowest BCUT2D eigenvalue weighted by Crippen LogP contribution is -2.62. The fourth-order valence-electron chi connectivity index (χ4n) is 12.3. The number of rotatable bonds is 1. The molecule has 5 saturated heterocycles. The van der Waals surface area contributed by atoms with E-state index < -0.39 is 15.4 Å². The fraction of sp³-hybridized carbons (Fsp3) is 1.00. The lowest BCUT2D eigenvalue weighted by molar-refractivity contribution is 0.167. The van der Waals surface area contributed by atoms with E-state index >= 15 is 0 Å². The van der Waals surface area contributed by atoms with Crippen molar-refractivity contribution in [1.82, 2.24) is 42.5 Å². The van der Waals surface area contributed by atoms with Crippen molar-refractivity contribution in [3.8, 4) is 0 Å². The third-order valence-corrected chi connectivity index (χ3v) is 15.5. The third-order valence-electron chi connectivity index (χ3n) is 14.2. The molecule has 9 fully saturated rings. The van der Waals surface area contributed by atoms with Crippen LogP contribution in [0.1, 0.15) is 96.3 Å². The summed E-state index contributed by atoms with van der Waals surface area (Å²) >= 11 is 0.778. The summed E-state index contributed by atoms with van der Waals surface area (Å²) in [7, 11) is 0.623. The Kier molecular flexibility index (Phi) is 10.1. The predicted molar refractivity (Wildman–Crippen MR) is 182 cm³/mol. The van der Waals surface area contributed by atoms with Crippen LogP contribution in [0.15, 0.2) is 0 Å². The SMILES string of the molecule is O=S(=O)(O)C1CCCC2C3NC4NC(NC5NC(NC6NC(NC(N3)C21)C1CCCCC61)C1CCCCC51)C1CCCCC41.[AlH2][Cl]. The first kappa shape index (κ1) is 33.6. The minimum Gasteiger partial charge on any atom is -0.286 e. The highest BCUT2D eigenvalue weighted by molar-refractivity contribution is 7.86. The van der Waals surface area contributed by atoms with Crippen LogP contribution in [0.5, 0.6) is 0 Å². The molecule has 46 heavy (non-hydrogen) atoms. The highest BCUT2D eigenvalue weighted by atomic mass is 35.6. The van der Waals surface area contributed by atoms with Gasteiger partial charge >= 0.3 is 15.4 Å². The van der Waals surface area contributed by atoms with E-state index in [2.05, 4.69) is 42.5 Å². The second kappa shape index (κ2) is 13.9. The normalized spacial score (nSPS) is 53.2. The van der Waals surface area contributed by atoms with Gasteiger partial charge in [0.15, 0.2) is 0 Å². The lowest BCUT2D eigenvalue weighted by atomic mass is 9.76. The second-order valence-corrected chi connectivity index (χ2v) is 17.9. The molecule has 0 amide bonds. The van der Waals surface area contributed by atoms with Gasteiger partial charge in [-0.05, 0) is 92.8 Å². The molecule has 8 bridgehead atoms. The quantitative estimate of drug-likeness (QED) is 0.144. The standard InChI is InChI=1S/C32H56N8O3S.Al.ClH.2H/c41-44(42,43)23-15-7-14-22-24(23)32-39-30-21-13-6-5-12-20(21)28(37-30)35-26-17-9-2-1-8-16(17)25(33-26)34-27-18-10-3-4-11-19(18)29(36-27)38-31(22)40-32;;;;/h16-40H,1-15H2,(H,41,42,43);;1H;;/q;+1;;;/p-1. The van der Waals surface area contributed by atoms with Crippen molar-refractivity contribution in [2.45, 2.75) is 151 Å². The molecule has 4 saturated carbocycles. The average molecular weight is 697 g/mol. The molecule has 9 aliphatic rings. The van der Waals surface area contributed by atoms with Gasteiger partial charge in [-0.2, -0.15) is 8.42 Å². The summed E-state index contributed by atoms with van der Waals surface area (Å²) in [6, 6.07) is 0. The Hall–Kier alpha value is 0.412. The Labute approximate surface area is 288 Å². The highest BCUT2D eigenvalue weighted by Gasteiger charge is 2.57. The molecule has 9 rings (SSSR count). The predicted octanol–water partition coefficient (Wildman–Crippen LogP) is 1.25. The minimum atomic E-state index is -4.16. The van der Waals surface area contributed by atoms with Crippen molar-refractivity contribution < 1.29 is 13.0 Å². The Morgan fingerprint density at radius 2 is 0.674 bits per heavy atom. The van der Waals surface area contributed by atoms with E-state index in [1.807, 2.05) is 0 Å². The minimum absolute atomic E-state index is 0.00275. The van der Waals surface area contributed by atoms with Gasteiger partial charge in [0.05, 0.1) is 54.6 Å². The molecular formula is C32H58AlClN8O3S. The molecule has 0 spiro atoms. The third kappa shape index (κ3) is 6.07. The molecule has 17 atom stereocenters. The van der Waals surface area contributed by atoms with Gasteiger partial charge in [0, 0.05) is 5.92 Å². The van der Waals surface area contributed by atoms with Crippen molar-refractivity contribution in [3.63, 3.8) is 0 Å². The van der Waals surface area contributed by atoms with Crippen LogP contribution < -0.4 is 42.5 Å². The van der Waals surface area contributed by atoms with Gasteiger partial charge in [0.25, 0.3) is 10.1 Å². The molecular weight excluding hydrogens is 639 g/mol. The van der Waals surface area contributed by atoms with Crippen molar-refractivity contribution in [1.29, 1.82) is 0 Å². The van der Waals surface area contributed by atoms with E-state index in [0.717, 1.165) is 28.2 Å². The van der Waals surface area contributed by atoms with Crippen LogP contribution in [0.25, 0.3) is 0 Å². The van der Waals surface area contributed by atoms with Gasteiger partial charge in [-0.25, -0.2) is 0 Å². The number of fused-ring (bicyclic) bond motifs is 20. The molecule has 9 N–H and O–H groups in total. The average Bonchev–Trinajstić information content (AvgIpc) is 3.81. The van der Waals surface area contributed by atoms with Gasteiger partial charge in [0.2, 0.25) is 0 Å². The Bertz CT molecular complexity index is 1190. The number of hydrogen-bond donors (Lipinski definition) is 9. The Morgan fingerprint density at radius 3 is 0.978 bits per heavy atom. The first-order valence-corrected chi connectivity index (χ1v) is 23.4. The van der Waals surface area contributed by atoms with Crippen molar-refractivity contribution in [2.75, 3.05) is 0 Å². The zero-order valence-electron chi connectivity index (χ0n) is 27.5. The summed E-state index contributed by atoms with van der Waals surface area (Å²) in [5.41, 5.74) is 0. The van der Waals surface area contributed by atoms with Crippen LogP contribution in [-0.2, 0) is 10.1 Å². The maximum atomic E-state index is 12.8. The second-order valence-electron chi connectivity index (χ2n) is 16.2. The zero-order valence-corrected chi connectivity index (χ0v) is 31.0. The summed E-state index contributed by atoms with van der Waals surface area (Å²) < 4.78 is 36.1. The van der Waals surface area contributed by atoms with E-state index in [9.17, 15) is 13.0 Å². The van der Waals surface area contributed by atoms with Crippen LogP contribution in [0.2, 0.25) is 0 Å². The van der Waals surface area contributed by atoms with Gasteiger partial charge < -0.3 is 0 Å². The van der Waals surface area contributed by atoms with E-state index in [4.69, 9.17) is 10.0 Å². The largest absolute Gasteiger partial charge is 0.353 e. The van der Waals surface area contributed by atoms with E-state index in [1.165, 1.54) is 77.0 Å². The Morgan fingerprint density at radius 1 is 0.413 bits per heavy atom. The molecule has 5 heterocycles. The lowest BCUT2D eigenvalue weighted by Gasteiger charge is -2.38. The Balaban J connectivity index is 0.00000153. The van der Waals surface area contributed by atoms with Gasteiger partial charge in [-0.3, -0.25) is 57.1 Å². The van der Waals surface area contributed by atoms with Crippen LogP contribution in [-0.4, -0.2) is 82.9 Å². The van der Waals surface area contributed by atoms with Crippen LogP contribution in [0.3, 0.4) is 0 Å². The topological polar surface area (TPSA) is 151 Å². The molecule has 11 nitrogen and oxygen atoms in total. The first-order valence-electron chi connectivity index (χ1n) is 18.8. The molecule has 5 aliphatic heterocycles. The maximum absolute atomic E-state index is 12.8. The van der Waals surface area contributed by atoms with Crippen LogP contribution in [0.4, 0.5) is 0 Å². The molecule has 0 aromatic carbocycles. The summed E-state index contributed by atoms with van der Waals surface area (Å²) in [5, 5.41) is 31.8. The molecule has 0 aromatic heterocycles. The summed E-state index contributed by atoms with van der Waals surface area (Å²) in [4.78, 5) is 0. The van der Waals surface area contributed by atoms with Crippen LogP contribution in [0, 0.1) is 47.3 Å². The number of hydrogen-bond acceptors (Lipinski definition) is 10. The monoisotopic (exact) mass is 696 g/mol. The molecule has 17 unspecified atom stereocenters. The van der Waals surface area contributed by atoms with Gasteiger partial charge in [0.1, 0.15) is 0 Å². The molecule has 260 valence electrons. The molecule has 14 heteroatoms. The van der Waals surface area contributed by atoms with Crippen molar-refractivity contribution >= 4 is 35.5 Å². The van der Waals surface area contributed by atoms with E-state index in [1.54, 1.807) is 0 Å². The maximum Gasteiger partial charge on any atom is 0.353 e. The van der Waals surface area contributed by atoms with E-state index in [-0.39, 0.29) is 48.8 Å². The van der Waals surface area contributed by atoms with Crippen molar-refractivity contribution in [3.05, 3.63) is 0 Å². The molecule has 4 aliphatic carbocycles. The number of halogens is 1. The van der Waals surface area contributed by atoms with Crippen molar-refractivity contribution in [2.24, 2.45) is 47.3 Å². The summed E-state index contributed by atoms with van der Waals surface area (Å²) in [6.07, 6.45) is 18.9. The summed E-state index contributed by atoms with van der Waals surface area (Å²) in [5.74, 6) is 3.50. The smallest absolute Gasteiger partial charge is 0.286 e.